The molecule has 0 saturated carbocycles. The van der Waals surface area contributed by atoms with Gasteiger partial charge in [-0.2, -0.15) is 0 Å². The molecule has 0 aliphatic carbocycles. The zero-order chi connectivity index (χ0) is 26.9. The van der Waals surface area contributed by atoms with Crippen LogP contribution in [0.2, 0.25) is 0 Å². The summed E-state index contributed by atoms with van der Waals surface area (Å²) in [5.74, 6) is -1.44. The van der Waals surface area contributed by atoms with E-state index in [1.165, 1.54) is 34.9 Å². The molecule has 37 heavy (non-hydrogen) atoms. The second-order valence-electron chi connectivity index (χ2n) is 7.96. The van der Waals surface area contributed by atoms with Gasteiger partial charge in [0.1, 0.15) is 17.6 Å². The first-order chi connectivity index (χ1) is 17.6. The average Bonchev–Trinajstić information content (AvgIpc) is 3.29. The summed E-state index contributed by atoms with van der Waals surface area (Å²) < 4.78 is 1.66. The fourth-order valence-corrected chi connectivity index (χ4v) is 6.60. The number of thioether (sulfide) groups is 2. The summed E-state index contributed by atoms with van der Waals surface area (Å²) in [6.45, 7) is 1.78. The minimum atomic E-state index is -1.48. The van der Waals surface area contributed by atoms with Gasteiger partial charge in [-0.3, -0.25) is 14.5 Å². The van der Waals surface area contributed by atoms with Gasteiger partial charge in [0.2, 0.25) is 11.6 Å². The Bertz CT molecular complexity index is 1330. The van der Waals surface area contributed by atoms with Crippen molar-refractivity contribution >= 4 is 75.6 Å². The van der Waals surface area contributed by atoms with Crippen molar-refractivity contribution < 1.29 is 28.9 Å². The molecular weight excluding hydrogens is 542 g/mol. The van der Waals surface area contributed by atoms with Crippen molar-refractivity contribution in [2.75, 3.05) is 28.7 Å². The highest BCUT2D eigenvalue weighted by Crippen LogP contribution is 2.41. The zero-order valence-electron chi connectivity index (χ0n) is 19.7. The number of β-lactam (4-membered cyclic amide) rings is 1. The van der Waals surface area contributed by atoms with Crippen molar-refractivity contribution in [1.29, 1.82) is 0 Å². The van der Waals surface area contributed by atoms with E-state index in [9.17, 15) is 19.5 Å². The van der Waals surface area contributed by atoms with Crippen molar-refractivity contribution in [2.45, 2.75) is 30.1 Å². The van der Waals surface area contributed by atoms with Crippen LogP contribution in [0.4, 0.5) is 16.8 Å². The number of nitrogen functional groups attached to an aromatic ring is 3. The smallest absolute Gasteiger partial charge is 0.301 e. The Morgan fingerprint density at radius 1 is 1.41 bits per heavy atom. The van der Waals surface area contributed by atoms with Crippen LogP contribution in [0.1, 0.15) is 11.3 Å². The number of nitrogens with one attached hydrogen (secondary N) is 1. The number of hydrogen-bond donors (Lipinski definition) is 4. The molecule has 4 heterocycles. The maximum Gasteiger partial charge on any atom is 0.301 e. The molecule has 2 amide bonds. The lowest BCUT2D eigenvalue weighted by atomic mass is 10.0. The SMILES string of the molecule is Cc1c(N)nc(SCC2=C(C(=O)[O-])N3C(=O)C(NC(=O)/C=N\OCc4csc(N)n4)C3SC2)[n+](C)c1N. The number of rotatable bonds is 9. The monoisotopic (exact) mass is 565 g/mol. The first kappa shape index (κ1) is 26.5. The lowest BCUT2D eigenvalue weighted by Crippen LogP contribution is -2.71. The molecular formula is C20H23N9O5S3. The van der Waals surface area contributed by atoms with Crippen molar-refractivity contribution in [3.8, 4) is 0 Å². The van der Waals surface area contributed by atoms with Crippen LogP contribution in [0.3, 0.4) is 0 Å². The van der Waals surface area contributed by atoms with Gasteiger partial charge in [0, 0.05) is 16.9 Å². The summed E-state index contributed by atoms with van der Waals surface area (Å²) in [6, 6.07) is -0.915. The Labute approximate surface area is 223 Å². The summed E-state index contributed by atoms with van der Waals surface area (Å²) in [5.41, 5.74) is 19.0. The number of fused-ring (bicyclic) bond motifs is 1. The molecule has 4 rings (SSSR count). The number of carbonyl (C=O) groups is 3. The van der Waals surface area contributed by atoms with Crippen molar-refractivity contribution in [3.05, 3.63) is 27.9 Å². The molecule has 2 aromatic rings. The van der Waals surface area contributed by atoms with E-state index in [0.717, 1.165) is 11.1 Å². The third-order valence-corrected chi connectivity index (χ3v) is 8.75. The Kier molecular flexibility index (Phi) is 7.74. The number of aromatic nitrogens is 3. The first-order valence-corrected chi connectivity index (χ1v) is 13.6. The summed E-state index contributed by atoms with van der Waals surface area (Å²) in [5, 5.41) is 20.1. The summed E-state index contributed by atoms with van der Waals surface area (Å²) in [6.07, 6.45) is 0.892. The predicted octanol–water partition coefficient (Wildman–Crippen LogP) is -1.88. The van der Waals surface area contributed by atoms with Crippen LogP contribution >= 0.6 is 34.9 Å². The number of carbonyl (C=O) groups excluding carboxylic acids is 3. The highest BCUT2D eigenvalue weighted by atomic mass is 32.2. The largest absolute Gasteiger partial charge is 0.543 e. The molecule has 2 aliphatic rings. The Morgan fingerprint density at radius 2 is 2.16 bits per heavy atom. The highest BCUT2D eigenvalue weighted by molar-refractivity contribution is 8.01. The number of hydrogen-bond acceptors (Lipinski definition) is 14. The molecule has 1 saturated heterocycles. The van der Waals surface area contributed by atoms with Gasteiger partial charge in [-0.05, 0) is 24.3 Å². The van der Waals surface area contributed by atoms with E-state index in [0.29, 0.717) is 38.7 Å². The fourth-order valence-electron chi connectivity index (χ4n) is 3.58. The van der Waals surface area contributed by atoms with Crippen LogP contribution in [-0.4, -0.2) is 61.8 Å². The van der Waals surface area contributed by atoms with Crippen LogP contribution in [0.5, 0.6) is 0 Å². The number of carboxylic acids is 1. The molecule has 196 valence electrons. The fraction of sp³-hybridized carbons (Fsp3) is 0.350. The van der Waals surface area contributed by atoms with Crippen molar-refractivity contribution in [2.24, 2.45) is 12.2 Å². The van der Waals surface area contributed by atoms with Crippen LogP contribution < -0.4 is 32.2 Å². The Morgan fingerprint density at radius 3 is 2.84 bits per heavy atom. The third kappa shape index (κ3) is 5.42. The highest BCUT2D eigenvalue weighted by Gasteiger charge is 2.52. The summed E-state index contributed by atoms with van der Waals surface area (Å²) in [7, 11) is 1.73. The topological polar surface area (TPSA) is 219 Å². The van der Waals surface area contributed by atoms with Gasteiger partial charge < -0.3 is 37.3 Å². The third-order valence-electron chi connectivity index (χ3n) is 5.57. The predicted molar refractivity (Wildman–Crippen MR) is 137 cm³/mol. The van der Waals surface area contributed by atoms with Crippen LogP contribution in [0.25, 0.3) is 0 Å². The number of nitrogens with zero attached hydrogens (tertiary/aromatic N) is 5. The van der Waals surface area contributed by atoms with Gasteiger partial charge in [0.05, 0.1) is 30.0 Å². The molecule has 0 bridgehead atoms. The molecule has 17 heteroatoms. The van der Waals surface area contributed by atoms with Crippen LogP contribution in [0, 0.1) is 6.92 Å². The number of carboxylic acid groups (broad SMARTS) is 1. The molecule has 2 aromatic heterocycles. The van der Waals surface area contributed by atoms with Gasteiger partial charge in [-0.1, -0.05) is 10.1 Å². The molecule has 0 radical (unpaired) electrons. The number of thiazole rings is 1. The molecule has 2 aliphatic heterocycles. The lowest BCUT2D eigenvalue weighted by molar-refractivity contribution is -0.699. The normalized spacial score (nSPS) is 19.1. The first-order valence-electron chi connectivity index (χ1n) is 10.7. The quantitative estimate of drug-likeness (QED) is 0.0655. The number of anilines is 3. The lowest BCUT2D eigenvalue weighted by Gasteiger charge is -2.50. The molecule has 7 N–H and O–H groups in total. The number of aliphatic carboxylic acids is 1. The van der Waals surface area contributed by atoms with E-state index in [4.69, 9.17) is 22.0 Å². The summed E-state index contributed by atoms with van der Waals surface area (Å²) >= 11 is 3.82. The standard InChI is InChI=1S/C20H23N9O5S3/c1-8-14(21)27-20(28(2)15(8)22)37-6-9-5-35-17-12(16(31)29(17)13(9)18(32)33)26-11(30)3-24-34-4-10-7-36-19(23)25-10/h3,7,12,17H,4-6H2,1-2H3,(H7,21,22,23,25,26,30,32,33)/b24-3-. The second-order valence-corrected chi connectivity index (χ2v) is 10.9. The molecule has 1 fully saturated rings. The van der Waals surface area contributed by atoms with E-state index >= 15 is 0 Å². The van der Waals surface area contributed by atoms with Gasteiger partial charge in [-0.15, -0.1) is 23.1 Å². The zero-order valence-corrected chi connectivity index (χ0v) is 22.1. The minimum absolute atomic E-state index is 0.0297. The van der Waals surface area contributed by atoms with E-state index in [1.807, 2.05) is 0 Å². The van der Waals surface area contributed by atoms with Gasteiger partial charge in [0.15, 0.2) is 11.7 Å². The maximum absolute atomic E-state index is 12.8. The number of oxime groups is 1. The van der Waals surface area contributed by atoms with Crippen LogP contribution in [-0.2, 0) is 32.9 Å². The van der Waals surface area contributed by atoms with Crippen LogP contribution in [0.15, 0.2) is 27.0 Å². The van der Waals surface area contributed by atoms with Gasteiger partial charge in [0.25, 0.3) is 11.8 Å². The Balaban J connectivity index is 1.38. The number of nitrogens with two attached hydrogens (primary N) is 3. The van der Waals surface area contributed by atoms with E-state index in [1.54, 1.807) is 23.9 Å². The minimum Gasteiger partial charge on any atom is -0.543 e. The summed E-state index contributed by atoms with van der Waals surface area (Å²) in [4.78, 5) is 51.4. The second kappa shape index (κ2) is 10.8. The molecule has 0 spiro atoms. The Hall–Kier alpha value is -3.57. The van der Waals surface area contributed by atoms with E-state index in [2.05, 4.69) is 20.4 Å². The molecule has 14 nitrogen and oxygen atoms in total. The molecule has 2 unspecified atom stereocenters. The molecule has 0 aromatic carbocycles. The van der Waals surface area contributed by atoms with E-state index in [-0.39, 0.29) is 23.9 Å². The number of amides is 2. The van der Waals surface area contributed by atoms with Crippen molar-refractivity contribution in [1.82, 2.24) is 20.2 Å². The van der Waals surface area contributed by atoms with E-state index < -0.39 is 29.2 Å². The maximum atomic E-state index is 12.8. The van der Waals surface area contributed by atoms with Crippen molar-refractivity contribution in [3.63, 3.8) is 0 Å². The van der Waals surface area contributed by atoms with Gasteiger partial charge >= 0.3 is 5.16 Å². The molecule has 2 atom stereocenters. The average molecular weight is 566 g/mol. The van der Waals surface area contributed by atoms with Gasteiger partial charge in [-0.25, -0.2) is 9.55 Å².